The fourth-order valence-corrected chi connectivity index (χ4v) is 3.00. The third kappa shape index (κ3) is 17.2. The number of allylic oxidation sites excluding steroid dienone is 1. The average Bonchev–Trinajstić information content (AvgIpc) is 2.83. The molecule has 0 bridgehead atoms. The number of unbranched alkanes of at least 4 members (excludes halogenated alkanes) is 7. The van der Waals surface area contributed by atoms with E-state index in [1.54, 1.807) is 12.1 Å². The summed E-state index contributed by atoms with van der Waals surface area (Å²) in [6.07, 6.45) is 11.1. The van der Waals surface area contributed by atoms with E-state index in [1.165, 1.54) is 32.1 Å². The van der Waals surface area contributed by atoms with Crippen molar-refractivity contribution in [2.45, 2.75) is 58.3 Å². The van der Waals surface area contributed by atoms with E-state index in [0.29, 0.717) is 45.4 Å². The van der Waals surface area contributed by atoms with Gasteiger partial charge >= 0.3 is 5.97 Å². The molecule has 0 unspecified atom stereocenters. The molecule has 1 rings (SSSR count). The second kappa shape index (κ2) is 21.9. The highest BCUT2D eigenvalue weighted by molar-refractivity contribution is 5.88. The van der Waals surface area contributed by atoms with Crippen LogP contribution in [0, 0.1) is 0 Å². The van der Waals surface area contributed by atoms with Gasteiger partial charge in [-0.25, -0.2) is 4.79 Å². The Labute approximate surface area is 199 Å². The van der Waals surface area contributed by atoms with Crippen LogP contribution in [-0.4, -0.2) is 63.9 Å². The summed E-state index contributed by atoms with van der Waals surface area (Å²) < 4.78 is 27.1. The van der Waals surface area contributed by atoms with E-state index in [1.807, 2.05) is 24.3 Å². The third-order valence-electron chi connectivity index (χ3n) is 4.76. The van der Waals surface area contributed by atoms with Crippen LogP contribution in [0.3, 0.4) is 0 Å². The number of esters is 1. The number of benzene rings is 1. The van der Waals surface area contributed by atoms with Crippen LogP contribution in [0.5, 0.6) is 5.75 Å². The Hall–Kier alpha value is -1.93. The molecule has 0 atom stereocenters. The molecule has 0 saturated carbocycles. The summed E-state index contributed by atoms with van der Waals surface area (Å²) in [6.45, 7) is 4.92. The normalized spacial score (nSPS) is 11.5. The first-order chi connectivity index (χ1) is 16.3. The number of hydrogen-bond donors (Lipinski definition) is 1. The van der Waals surface area contributed by atoms with Gasteiger partial charge in [-0.3, -0.25) is 0 Å². The molecule has 1 aromatic rings. The maximum Gasteiger partial charge on any atom is 0.378 e. The van der Waals surface area contributed by atoms with Crippen molar-refractivity contribution in [2.75, 3.05) is 52.9 Å². The predicted molar refractivity (Wildman–Crippen MR) is 128 cm³/mol. The predicted octanol–water partition coefficient (Wildman–Crippen LogP) is 4.68. The van der Waals surface area contributed by atoms with Gasteiger partial charge in [0.25, 0.3) is 0 Å². The van der Waals surface area contributed by atoms with Crippen molar-refractivity contribution in [3.05, 3.63) is 42.2 Å². The Morgan fingerprint density at radius 1 is 0.788 bits per heavy atom. The van der Waals surface area contributed by atoms with E-state index in [4.69, 9.17) is 28.8 Å². The number of carbonyl (C=O) groups is 1. The second-order valence-electron chi connectivity index (χ2n) is 7.59. The number of para-hydroxylation sites is 1. The summed E-state index contributed by atoms with van der Waals surface area (Å²) in [5.41, 5.74) is 0. The lowest BCUT2D eigenvalue weighted by atomic mass is 10.1. The van der Waals surface area contributed by atoms with E-state index < -0.39 is 5.97 Å². The number of ether oxygens (including phenoxy) is 5. The fraction of sp³-hybridized carbons (Fsp3) is 0.654. The number of aliphatic hydroxyl groups excluding tert-OH is 1. The van der Waals surface area contributed by atoms with Gasteiger partial charge in [0.15, 0.2) is 0 Å². The Morgan fingerprint density at radius 2 is 1.36 bits per heavy atom. The molecule has 188 valence electrons. The van der Waals surface area contributed by atoms with Gasteiger partial charge in [0.05, 0.1) is 46.2 Å². The molecule has 0 aliphatic heterocycles. The highest BCUT2D eigenvalue weighted by atomic mass is 16.6. The minimum atomic E-state index is -0.490. The van der Waals surface area contributed by atoms with Crippen LogP contribution in [0.25, 0.3) is 0 Å². The molecule has 0 heterocycles. The quantitative estimate of drug-likeness (QED) is 0.0874. The zero-order chi connectivity index (χ0) is 23.8. The van der Waals surface area contributed by atoms with Crippen molar-refractivity contribution < 1.29 is 33.6 Å². The lowest BCUT2D eigenvalue weighted by Gasteiger charge is -2.11. The van der Waals surface area contributed by atoms with Gasteiger partial charge in [-0.1, -0.05) is 63.6 Å². The largest absolute Gasteiger partial charge is 0.484 e. The molecule has 7 heteroatoms. The molecule has 0 amide bonds. The van der Waals surface area contributed by atoms with Gasteiger partial charge in [-0.05, 0) is 31.1 Å². The van der Waals surface area contributed by atoms with Crippen LogP contribution < -0.4 is 4.74 Å². The standard InChI is InChI=1S/C26H42O7/c1-2-3-4-5-6-7-8-12-15-25(26(28)33-24-13-10-9-11-14-24)32-23-22-31-21-20-30-19-18-29-17-16-27/h9-11,13-15,27H,2-8,12,16-23H2,1H3. The van der Waals surface area contributed by atoms with Gasteiger partial charge in [-0.15, -0.1) is 0 Å². The lowest BCUT2D eigenvalue weighted by molar-refractivity contribution is -0.134. The average molecular weight is 467 g/mol. The zero-order valence-corrected chi connectivity index (χ0v) is 20.2. The molecule has 0 fully saturated rings. The van der Waals surface area contributed by atoms with Crippen molar-refractivity contribution in [1.29, 1.82) is 0 Å². The smallest absolute Gasteiger partial charge is 0.378 e. The Morgan fingerprint density at radius 3 is 2.00 bits per heavy atom. The van der Waals surface area contributed by atoms with Crippen molar-refractivity contribution >= 4 is 5.97 Å². The first kappa shape index (κ1) is 29.1. The van der Waals surface area contributed by atoms with Crippen molar-refractivity contribution in [3.63, 3.8) is 0 Å². The van der Waals surface area contributed by atoms with Gasteiger partial charge in [0.2, 0.25) is 5.76 Å². The topological polar surface area (TPSA) is 83.5 Å². The Balaban J connectivity index is 2.29. The molecule has 0 aromatic heterocycles. The minimum absolute atomic E-state index is 0.0114. The maximum atomic E-state index is 12.6. The summed E-state index contributed by atoms with van der Waals surface area (Å²) in [7, 11) is 0. The number of carbonyl (C=O) groups excluding carboxylic acids is 1. The molecule has 0 saturated heterocycles. The molecular formula is C26H42O7. The Bertz CT molecular complexity index is 604. The molecular weight excluding hydrogens is 424 g/mol. The lowest BCUT2D eigenvalue weighted by Crippen LogP contribution is -2.17. The first-order valence-corrected chi connectivity index (χ1v) is 12.2. The molecule has 0 aliphatic carbocycles. The van der Waals surface area contributed by atoms with Gasteiger partial charge in [-0.2, -0.15) is 0 Å². The van der Waals surface area contributed by atoms with E-state index in [-0.39, 0.29) is 19.0 Å². The summed E-state index contributed by atoms with van der Waals surface area (Å²) in [5, 5.41) is 8.61. The summed E-state index contributed by atoms with van der Waals surface area (Å²) in [5.74, 6) is 0.227. The molecule has 0 radical (unpaired) electrons. The van der Waals surface area contributed by atoms with Crippen LogP contribution >= 0.6 is 0 Å². The van der Waals surface area contributed by atoms with Crippen molar-refractivity contribution in [3.8, 4) is 5.75 Å². The molecule has 0 aliphatic rings. The minimum Gasteiger partial charge on any atom is -0.484 e. The van der Waals surface area contributed by atoms with E-state index in [0.717, 1.165) is 19.3 Å². The first-order valence-electron chi connectivity index (χ1n) is 12.2. The second-order valence-corrected chi connectivity index (χ2v) is 7.59. The molecule has 0 spiro atoms. The number of hydrogen-bond acceptors (Lipinski definition) is 7. The number of rotatable bonds is 22. The molecule has 33 heavy (non-hydrogen) atoms. The zero-order valence-electron chi connectivity index (χ0n) is 20.2. The SMILES string of the molecule is CCCCCCCCCC=C(OCCOCCOCCOCCO)C(=O)Oc1ccccc1. The van der Waals surface area contributed by atoms with Gasteiger partial charge < -0.3 is 28.8 Å². The van der Waals surface area contributed by atoms with Crippen molar-refractivity contribution in [1.82, 2.24) is 0 Å². The summed E-state index contributed by atoms with van der Waals surface area (Å²) in [6, 6.07) is 8.99. The van der Waals surface area contributed by atoms with Crippen molar-refractivity contribution in [2.24, 2.45) is 0 Å². The Kier molecular flexibility index (Phi) is 19.3. The molecule has 7 nitrogen and oxygen atoms in total. The van der Waals surface area contributed by atoms with Crippen LogP contribution in [0.2, 0.25) is 0 Å². The third-order valence-corrected chi connectivity index (χ3v) is 4.76. The van der Waals surface area contributed by atoms with Crippen LogP contribution in [0.4, 0.5) is 0 Å². The summed E-state index contributed by atoms with van der Waals surface area (Å²) >= 11 is 0. The fourth-order valence-electron chi connectivity index (χ4n) is 3.00. The molecule has 1 aromatic carbocycles. The van der Waals surface area contributed by atoms with Gasteiger partial charge in [0, 0.05) is 0 Å². The monoisotopic (exact) mass is 466 g/mol. The van der Waals surface area contributed by atoms with Gasteiger partial charge in [0.1, 0.15) is 12.4 Å². The maximum absolute atomic E-state index is 12.6. The van der Waals surface area contributed by atoms with E-state index in [2.05, 4.69) is 6.92 Å². The summed E-state index contributed by atoms with van der Waals surface area (Å²) in [4.78, 5) is 12.6. The highest BCUT2D eigenvalue weighted by Gasteiger charge is 2.13. The van der Waals surface area contributed by atoms with Crippen LogP contribution in [0.1, 0.15) is 58.3 Å². The van der Waals surface area contributed by atoms with Crippen LogP contribution in [0.15, 0.2) is 42.2 Å². The highest BCUT2D eigenvalue weighted by Crippen LogP contribution is 2.14. The molecule has 1 N–H and O–H groups in total. The van der Waals surface area contributed by atoms with Crippen LogP contribution in [-0.2, 0) is 23.7 Å². The number of aliphatic hydroxyl groups is 1. The van der Waals surface area contributed by atoms with E-state index in [9.17, 15) is 4.79 Å². The van der Waals surface area contributed by atoms with E-state index >= 15 is 0 Å².